The fourth-order valence-electron chi connectivity index (χ4n) is 0.965. The second-order valence-electron chi connectivity index (χ2n) is 2.50. The van der Waals surface area contributed by atoms with Crippen molar-refractivity contribution in [2.45, 2.75) is 12.6 Å². The SMILES string of the molecule is FC(F)(F)Cc1ccccc1[O][Zr]. The van der Waals surface area contributed by atoms with Crippen LogP contribution in [0.1, 0.15) is 5.56 Å². The number of hydrogen-bond acceptors (Lipinski definition) is 1. The first kappa shape index (κ1) is 10.8. The number of para-hydroxylation sites is 1. The summed E-state index contributed by atoms with van der Waals surface area (Å²) in [6, 6.07) is 6.18. The molecule has 0 atom stereocenters. The average Bonchev–Trinajstić information content (AvgIpc) is 2.02. The number of halogens is 3. The van der Waals surface area contributed by atoms with Gasteiger partial charge in [0.25, 0.3) is 0 Å². The number of alkyl halides is 3. The maximum atomic E-state index is 12.0. The van der Waals surface area contributed by atoms with E-state index in [4.69, 9.17) is 2.81 Å². The van der Waals surface area contributed by atoms with Crippen molar-refractivity contribution in [1.82, 2.24) is 0 Å². The van der Waals surface area contributed by atoms with Crippen LogP contribution in [0.25, 0.3) is 0 Å². The van der Waals surface area contributed by atoms with E-state index < -0.39 is 12.6 Å². The van der Waals surface area contributed by atoms with E-state index in [0.717, 1.165) is 25.2 Å². The minimum absolute atomic E-state index is 0.187. The van der Waals surface area contributed by atoms with Gasteiger partial charge in [0.2, 0.25) is 0 Å². The predicted molar refractivity (Wildman–Crippen MR) is 36.8 cm³/mol. The Balaban J connectivity index is 2.87. The standard InChI is InChI=1S/C8H7F3O.Zr/c9-8(10,11)5-6-3-1-2-4-7(6)12;/h1-4,12H,5H2;/q;+1/p-1. The fraction of sp³-hybridized carbons (Fsp3) is 0.250. The second kappa shape index (κ2) is 4.27. The van der Waals surface area contributed by atoms with Crippen LogP contribution in [-0.4, -0.2) is 6.18 Å². The van der Waals surface area contributed by atoms with E-state index >= 15 is 0 Å². The molecule has 0 aromatic heterocycles. The second-order valence-corrected chi connectivity index (χ2v) is 3.00. The van der Waals surface area contributed by atoms with Crippen molar-refractivity contribution in [2.24, 2.45) is 0 Å². The monoisotopic (exact) mass is 265 g/mol. The zero-order valence-corrected chi connectivity index (χ0v) is 9.02. The molecule has 0 unspecified atom stereocenters. The van der Waals surface area contributed by atoms with E-state index in [1.165, 1.54) is 12.1 Å². The molecular formula is C8H6F3OZr. The fourth-order valence-corrected chi connectivity index (χ4v) is 1.45. The van der Waals surface area contributed by atoms with Gasteiger partial charge in [0, 0.05) is 0 Å². The Kier molecular flexibility index (Phi) is 3.54. The van der Waals surface area contributed by atoms with Crippen LogP contribution in [0.5, 0.6) is 5.75 Å². The molecule has 0 N–H and O–H groups in total. The van der Waals surface area contributed by atoms with Crippen molar-refractivity contribution in [3.8, 4) is 5.75 Å². The molecule has 1 aromatic rings. The summed E-state index contributed by atoms with van der Waals surface area (Å²) in [5.74, 6) is 0.318. The molecule has 1 aromatic carbocycles. The van der Waals surface area contributed by atoms with E-state index in [0.29, 0.717) is 5.75 Å². The van der Waals surface area contributed by atoms with Crippen molar-refractivity contribution >= 4 is 0 Å². The molecule has 0 saturated carbocycles. The third kappa shape index (κ3) is 3.51. The predicted octanol–water partition coefficient (Wildman–Crippen LogP) is 2.63. The summed E-state index contributed by atoms with van der Waals surface area (Å²) in [6.45, 7) is 0. The molecule has 0 spiro atoms. The minimum atomic E-state index is -4.18. The Bertz CT molecular complexity index is 285. The third-order valence-corrected chi connectivity index (χ3v) is 2.01. The molecule has 0 aliphatic carbocycles. The van der Waals surface area contributed by atoms with E-state index in [1.54, 1.807) is 12.1 Å². The van der Waals surface area contributed by atoms with Crippen LogP contribution in [-0.2, 0) is 31.6 Å². The number of rotatable bonds is 2. The van der Waals surface area contributed by atoms with Crippen LogP contribution < -0.4 is 2.81 Å². The molecule has 1 nitrogen and oxygen atoms in total. The molecule has 0 heterocycles. The van der Waals surface area contributed by atoms with Gasteiger partial charge in [-0.05, 0) is 0 Å². The normalized spacial score (nSPS) is 11.2. The van der Waals surface area contributed by atoms with E-state index in [-0.39, 0.29) is 5.56 Å². The topological polar surface area (TPSA) is 9.23 Å². The Morgan fingerprint density at radius 3 is 2.38 bits per heavy atom. The molecule has 5 heteroatoms. The van der Waals surface area contributed by atoms with Crippen LogP contribution in [0, 0.1) is 0 Å². The van der Waals surface area contributed by atoms with Gasteiger partial charge in [0.1, 0.15) is 0 Å². The molecule has 0 aliphatic rings. The summed E-state index contributed by atoms with van der Waals surface area (Å²) < 4.78 is 40.9. The van der Waals surface area contributed by atoms with Crippen LogP contribution in [0.2, 0.25) is 0 Å². The van der Waals surface area contributed by atoms with E-state index in [2.05, 4.69) is 0 Å². The molecule has 69 valence electrons. The molecule has 0 aliphatic heterocycles. The Hall–Kier alpha value is -0.307. The molecule has 13 heavy (non-hydrogen) atoms. The summed E-state index contributed by atoms with van der Waals surface area (Å²) in [5.41, 5.74) is 0.187. The van der Waals surface area contributed by atoms with Gasteiger partial charge in [-0.25, -0.2) is 0 Å². The first-order valence-corrected chi connectivity index (χ1v) is 4.51. The molecular weight excluding hydrogens is 260 g/mol. The van der Waals surface area contributed by atoms with Crippen molar-refractivity contribution in [3.05, 3.63) is 29.8 Å². The zero-order chi connectivity index (χ0) is 9.90. The molecule has 0 fully saturated rings. The van der Waals surface area contributed by atoms with Crippen molar-refractivity contribution in [2.75, 3.05) is 0 Å². The van der Waals surface area contributed by atoms with Gasteiger partial charge in [-0.1, -0.05) is 0 Å². The molecule has 1 rings (SSSR count). The van der Waals surface area contributed by atoms with Crippen LogP contribution in [0.4, 0.5) is 13.2 Å². The van der Waals surface area contributed by atoms with Gasteiger partial charge in [0.05, 0.1) is 0 Å². The Labute approximate surface area is 89.4 Å². The molecule has 0 saturated heterocycles. The summed E-state index contributed by atoms with van der Waals surface area (Å²) in [7, 11) is 0. The molecule has 0 bridgehead atoms. The third-order valence-electron chi connectivity index (χ3n) is 1.47. The average molecular weight is 266 g/mol. The van der Waals surface area contributed by atoms with Gasteiger partial charge < -0.3 is 0 Å². The summed E-state index contributed by atoms with van der Waals surface area (Å²) in [6.07, 6.45) is -5.11. The quantitative estimate of drug-likeness (QED) is 0.799. The number of benzene rings is 1. The Morgan fingerprint density at radius 2 is 1.85 bits per heavy atom. The zero-order valence-electron chi connectivity index (χ0n) is 6.56. The van der Waals surface area contributed by atoms with Gasteiger partial charge in [0.15, 0.2) is 0 Å². The van der Waals surface area contributed by atoms with Gasteiger partial charge in [-0.15, -0.1) is 0 Å². The van der Waals surface area contributed by atoms with Crippen LogP contribution >= 0.6 is 0 Å². The van der Waals surface area contributed by atoms with Gasteiger partial charge in [-0.2, -0.15) is 0 Å². The Morgan fingerprint density at radius 1 is 1.23 bits per heavy atom. The van der Waals surface area contributed by atoms with Gasteiger partial charge >= 0.3 is 89.3 Å². The summed E-state index contributed by atoms with van der Waals surface area (Å²) in [5, 5.41) is 0. The van der Waals surface area contributed by atoms with Gasteiger partial charge in [-0.3, -0.25) is 0 Å². The van der Waals surface area contributed by atoms with E-state index in [1.807, 2.05) is 0 Å². The first-order chi connectivity index (χ1) is 6.03. The molecule has 0 amide bonds. The van der Waals surface area contributed by atoms with Crippen molar-refractivity contribution < 1.29 is 41.1 Å². The molecule has 0 radical (unpaired) electrons. The first-order valence-electron chi connectivity index (χ1n) is 3.51. The maximum absolute atomic E-state index is 12.0. The van der Waals surface area contributed by atoms with Crippen LogP contribution in [0.3, 0.4) is 0 Å². The summed E-state index contributed by atoms with van der Waals surface area (Å²) in [4.78, 5) is 0. The van der Waals surface area contributed by atoms with E-state index in [9.17, 15) is 13.2 Å². The van der Waals surface area contributed by atoms with Crippen molar-refractivity contribution in [1.29, 1.82) is 0 Å². The van der Waals surface area contributed by atoms with Crippen molar-refractivity contribution in [3.63, 3.8) is 0 Å². The summed E-state index contributed by atoms with van der Waals surface area (Å²) >= 11 is 0.736. The van der Waals surface area contributed by atoms with Crippen LogP contribution in [0.15, 0.2) is 24.3 Å². The number of hydrogen-bond donors (Lipinski definition) is 0.